The van der Waals surface area contributed by atoms with Crippen LogP contribution in [-0.2, 0) is 4.79 Å². The molecule has 0 amide bonds. The average Bonchev–Trinajstić information content (AvgIpc) is 2.63. The third kappa shape index (κ3) is 3.38. The normalized spacial score (nSPS) is 30.1. The molecule has 4 unspecified atom stereocenters. The SMILES string of the molecule is CSC1CCCC1NC(C)C(C)C(=O)O. The number of nitrogens with one attached hydrogen (secondary N) is 1. The lowest BCUT2D eigenvalue weighted by atomic mass is 10.0. The highest BCUT2D eigenvalue weighted by Gasteiger charge is 2.29. The lowest BCUT2D eigenvalue weighted by molar-refractivity contribution is -0.142. The fraction of sp³-hybridized carbons (Fsp3) is 0.909. The quantitative estimate of drug-likeness (QED) is 0.759. The van der Waals surface area contributed by atoms with Crippen LogP contribution in [0.4, 0.5) is 0 Å². The van der Waals surface area contributed by atoms with Gasteiger partial charge < -0.3 is 10.4 Å². The van der Waals surface area contributed by atoms with Crippen molar-refractivity contribution in [1.82, 2.24) is 5.32 Å². The Morgan fingerprint density at radius 1 is 1.47 bits per heavy atom. The molecular formula is C11H21NO2S. The van der Waals surface area contributed by atoms with Crippen LogP contribution in [0.25, 0.3) is 0 Å². The predicted molar refractivity (Wildman–Crippen MR) is 64.3 cm³/mol. The Kier molecular flexibility index (Phi) is 4.93. The van der Waals surface area contributed by atoms with Crippen LogP contribution in [0.15, 0.2) is 0 Å². The van der Waals surface area contributed by atoms with Gasteiger partial charge in [-0.05, 0) is 26.0 Å². The van der Waals surface area contributed by atoms with Crippen LogP contribution in [0.2, 0.25) is 0 Å². The molecule has 1 aliphatic rings. The molecule has 3 nitrogen and oxygen atoms in total. The number of rotatable bonds is 5. The molecule has 0 aliphatic heterocycles. The van der Waals surface area contributed by atoms with Gasteiger partial charge in [0.2, 0.25) is 0 Å². The Bertz CT molecular complexity index is 223. The molecule has 0 aromatic rings. The maximum Gasteiger partial charge on any atom is 0.307 e. The number of hydrogen-bond donors (Lipinski definition) is 2. The van der Waals surface area contributed by atoms with E-state index in [1.807, 2.05) is 18.7 Å². The molecule has 1 saturated carbocycles. The van der Waals surface area contributed by atoms with Gasteiger partial charge >= 0.3 is 5.97 Å². The topological polar surface area (TPSA) is 49.3 Å². The number of thioether (sulfide) groups is 1. The molecule has 0 heterocycles. The van der Waals surface area contributed by atoms with E-state index in [0.29, 0.717) is 11.3 Å². The second-order valence-corrected chi connectivity index (χ2v) is 5.47. The zero-order valence-corrected chi connectivity index (χ0v) is 10.5. The van der Waals surface area contributed by atoms with Gasteiger partial charge in [0, 0.05) is 17.3 Å². The van der Waals surface area contributed by atoms with E-state index in [-0.39, 0.29) is 12.0 Å². The first kappa shape index (κ1) is 12.8. The molecule has 0 aromatic heterocycles. The molecule has 4 atom stereocenters. The van der Waals surface area contributed by atoms with E-state index in [4.69, 9.17) is 5.11 Å². The third-order valence-electron chi connectivity index (χ3n) is 3.37. The summed E-state index contributed by atoms with van der Waals surface area (Å²) in [5, 5.41) is 13.0. The van der Waals surface area contributed by atoms with Crippen LogP contribution in [-0.4, -0.2) is 34.7 Å². The summed E-state index contributed by atoms with van der Waals surface area (Å²) in [5.41, 5.74) is 0. The minimum atomic E-state index is -0.714. The molecule has 88 valence electrons. The van der Waals surface area contributed by atoms with E-state index >= 15 is 0 Å². The molecule has 2 N–H and O–H groups in total. The van der Waals surface area contributed by atoms with Crippen molar-refractivity contribution < 1.29 is 9.90 Å². The predicted octanol–water partition coefficient (Wildman–Crippen LogP) is 1.97. The molecule has 0 spiro atoms. The molecule has 4 heteroatoms. The van der Waals surface area contributed by atoms with Crippen molar-refractivity contribution in [3.05, 3.63) is 0 Å². The fourth-order valence-corrected chi connectivity index (χ4v) is 3.04. The van der Waals surface area contributed by atoms with Crippen molar-refractivity contribution >= 4 is 17.7 Å². The minimum absolute atomic E-state index is 0.0558. The Morgan fingerprint density at radius 3 is 2.67 bits per heavy atom. The zero-order chi connectivity index (χ0) is 11.4. The lowest BCUT2D eigenvalue weighted by Crippen LogP contribution is -2.45. The van der Waals surface area contributed by atoms with Crippen LogP contribution in [0.1, 0.15) is 33.1 Å². The number of aliphatic carboxylic acids is 1. The summed E-state index contributed by atoms with van der Waals surface area (Å²) < 4.78 is 0. The maximum absolute atomic E-state index is 10.8. The molecule has 0 saturated heterocycles. The van der Waals surface area contributed by atoms with Crippen molar-refractivity contribution in [3.63, 3.8) is 0 Å². The highest BCUT2D eigenvalue weighted by atomic mass is 32.2. The second-order valence-electron chi connectivity index (χ2n) is 4.39. The first-order valence-corrected chi connectivity index (χ1v) is 6.86. The van der Waals surface area contributed by atoms with Crippen LogP contribution >= 0.6 is 11.8 Å². The number of hydrogen-bond acceptors (Lipinski definition) is 3. The molecule has 1 rings (SSSR count). The average molecular weight is 231 g/mol. The third-order valence-corrected chi connectivity index (χ3v) is 4.54. The molecule has 1 fully saturated rings. The van der Waals surface area contributed by atoms with Gasteiger partial charge in [-0.25, -0.2) is 0 Å². The van der Waals surface area contributed by atoms with Crippen LogP contribution in [0.3, 0.4) is 0 Å². The van der Waals surface area contributed by atoms with Crippen molar-refractivity contribution in [1.29, 1.82) is 0 Å². The van der Waals surface area contributed by atoms with E-state index in [1.54, 1.807) is 6.92 Å². The molecule has 0 aromatic carbocycles. The summed E-state index contributed by atoms with van der Waals surface area (Å²) in [7, 11) is 0. The summed E-state index contributed by atoms with van der Waals surface area (Å²) in [6, 6.07) is 0.553. The monoisotopic (exact) mass is 231 g/mol. The van der Waals surface area contributed by atoms with E-state index in [9.17, 15) is 4.79 Å². The molecule has 1 aliphatic carbocycles. The van der Waals surface area contributed by atoms with Crippen molar-refractivity contribution in [3.8, 4) is 0 Å². The molecule has 15 heavy (non-hydrogen) atoms. The van der Waals surface area contributed by atoms with E-state index in [2.05, 4.69) is 11.6 Å². The van der Waals surface area contributed by atoms with Gasteiger partial charge in [-0.1, -0.05) is 13.3 Å². The van der Waals surface area contributed by atoms with Gasteiger partial charge in [0.05, 0.1) is 5.92 Å². The molecule has 0 bridgehead atoms. The summed E-state index contributed by atoms with van der Waals surface area (Å²) >= 11 is 1.89. The minimum Gasteiger partial charge on any atom is -0.481 e. The van der Waals surface area contributed by atoms with Crippen LogP contribution in [0, 0.1) is 5.92 Å². The Hall–Kier alpha value is -0.220. The van der Waals surface area contributed by atoms with Gasteiger partial charge in [-0.15, -0.1) is 0 Å². The zero-order valence-electron chi connectivity index (χ0n) is 9.69. The number of carboxylic acids is 1. The first-order chi connectivity index (χ1) is 7.06. The second kappa shape index (κ2) is 5.75. The fourth-order valence-electron chi connectivity index (χ4n) is 2.09. The van der Waals surface area contributed by atoms with Gasteiger partial charge in [0.15, 0.2) is 0 Å². The first-order valence-electron chi connectivity index (χ1n) is 5.58. The molecular weight excluding hydrogens is 210 g/mol. The highest BCUT2D eigenvalue weighted by molar-refractivity contribution is 7.99. The Labute approximate surface area is 96.0 Å². The van der Waals surface area contributed by atoms with Crippen LogP contribution < -0.4 is 5.32 Å². The summed E-state index contributed by atoms with van der Waals surface area (Å²) in [5.74, 6) is -1.03. The summed E-state index contributed by atoms with van der Waals surface area (Å²) in [4.78, 5) is 10.8. The smallest absolute Gasteiger partial charge is 0.307 e. The lowest BCUT2D eigenvalue weighted by Gasteiger charge is -2.26. The van der Waals surface area contributed by atoms with E-state index in [1.165, 1.54) is 19.3 Å². The maximum atomic E-state index is 10.8. The van der Waals surface area contributed by atoms with Gasteiger partial charge in [-0.3, -0.25) is 4.79 Å². The van der Waals surface area contributed by atoms with E-state index < -0.39 is 5.97 Å². The van der Waals surface area contributed by atoms with Crippen molar-refractivity contribution in [2.24, 2.45) is 5.92 Å². The Balaban J connectivity index is 2.43. The largest absolute Gasteiger partial charge is 0.481 e. The van der Waals surface area contributed by atoms with Crippen molar-refractivity contribution in [2.45, 2.75) is 50.4 Å². The number of carbonyl (C=O) groups is 1. The molecule has 0 radical (unpaired) electrons. The Morgan fingerprint density at radius 2 is 2.13 bits per heavy atom. The van der Waals surface area contributed by atoms with E-state index in [0.717, 1.165) is 0 Å². The summed E-state index contributed by atoms with van der Waals surface area (Å²) in [6.45, 7) is 3.73. The highest BCUT2D eigenvalue weighted by Crippen LogP contribution is 2.29. The van der Waals surface area contributed by atoms with Gasteiger partial charge in [0.25, 0.3) is 0 Å². The summed E-state index contributed by atoms with van der Waals surface area (Å²) in [6.07, 6.45) is 5.84. The van der Waals surface area contributed by atoms with Crippen LogP contribution in [0.5, 0.6) is 0 Å². The number of carboxylic acid groups (broad SMARTS) is 1. The standard InChI is InChI=1S/C11H21NO2S/c1-7(11(13)14)8(2)12-9-5-4-6-10(9)15-3/h7-10,12H,4-6H2,1-3H3,(H,13,14). The van der Waals surface area contributed by atoms with Gasteiger partial charge in [-0.2, -0.15) is 11.8 Å². The van der Waals surface area contributed by atoms with Gasteiger partial charge in [0.1, 0.15) is 0 Å². The van der Waals surface area contributed by atoms with Crippen molar-refractivity contribution in [2.75, 3.05) is 6.26 Å².